The van der Waals surface area contributed by atoms with E-state index in [-0.39, 0.29) is 17.5 Å². The van der Waals surface area contributed by atoms with Crippen LogP contribution in [-0.4, -0.2) is 34.5 Å². The number of rotatable bonds is 1. The summed E-state index contributed by atoms with van der Waals surface area (Å²) in [4.78, 5) is 7.57. The predicted molar refractivity (Wildman–Crippen MR) is 76.6 cm³/mol. The van der Waals surface area contributed by atoms with E-state index in [1.54, 1.807) is 6.20 Å². The zero-order valence-corrected chi connectivity index (χ0v) is 12.2. The second kappa shape index (κ2) is 4.42. The minimum atomic E-state index is -2.86. The smallest absolute Gasteiger partial charge is 0.179 e. The van der Waals surface area contributed by atoms with Gasteiger partial charge in [-0.05, 0) is 43.6 Å². The second-order valence-electron chi connectivity index (χ2n) is 5.01. The first-order valence-corrected chi connectivity index (χ1v) is 8.47. The van der Waals surface area contributed by atoms with E-state index in [2.05, 4.69) is 9.97 Å². The monoisotopic (exact) mass is 297 g/mol. The van der Waals surface area contributed by atoms with Crippen molar-refractivity contribution in [2.24, 2.45) is 0 Å². The first-order chi connectivity index (χ1) is 8.98. The number of sulfone groups is 1. The molecule has 0 atom stereocenters. The van der Waals surface area contributed by atoms with Crippen LogP contribution in [0.15, 0.2) is 12.3 Å². The molecule has 0 aliphatic carbocycles. The predicted octanol–water partition coefficient (Wildman–Crippen LogP) is 2.15. The lowest BCUT2D eigenvalue weighted by molar-refractivity contribution is 0.453. The van der Waals surface area contributed by atoms with Crippen molar-refractivity contribution in [3.8, 4) is 0 Å². The SMILES string of the molecule is Cc1ccnc2c1[nH]c(=S)n2C1CCS(=O)(=O)CC1. The normalized spacial score (nSPS) is 19.8. The molecule has 1 aliphatic heterocycles. The van der Waals surface area contributed by atoms with Crippen LogP contribution >= 0.6 is 12.2 Å². The third kappa shape index (κ3) is 2.21. The summed E-state index contributed by atoms with van der Waals surface area (Å²) in [6.07, 6.45) is 2.98. The quantitative estimate of drug-likeness (QED) is 0.819. The van der Waals surface area contributed by atoms with Crippen molar-refractivity contribution < 1.29 is 8.42 Å². The summed E-state index contributed by atoms with van der Waals surface area (Å²) in [7, 11) is -2.86. The number of nitrogens with zero attached hydrogens (tertiary/aromatic N) is 2. The van der Waals surface area contributed by atoms with Gasteiger partial charge in [-0.2, -0.15) is 0 Å². The lowest BCUT2D eigenvalue weighted by Crippen LogP contribution is -2.25. The average molecular weight is 297 g/mol. The minimum absolute atomic E-state index is 0.124. The average Bonchev–Trinajstić information content (AvgIpc) is 2.68. The number of imidazole rings is 1. The molecule has 5 nitrogen and oxygen atoms in total. The summed E-state index contributed by atoms with van der Waals surface area (Å²) < 4.78 is 25.6. The van der Waals surface area contributed by atoms with Gasteiger partial charge < -0.3 is 4.98 Å². The number of nitrogens with one attached hydrogen (secondary N) is 1. The highest BCUT2D eigenvalue weighted by Gasteiger charge is 2.26. The van der Waals surface area contributed by atoms with Crippen LogP contribution in [0.1, 0.15) is 24.4 Å². The fraction of sp³-hybridized carbons (Fsp3) is 0.500. The minimum Gasteiger partial charge on any atom is -0.329 e. The number of pyridine rings is 1. The Balaban J connectivity index is 2.09. The van der Waals surface area contributed by atoms with E-state index >= 15 is 0 Å². The first-order valence-electron chi connectivity index (χ1n) is 6.24. The van der Waals surface area contributed by atoms with Crippen LogP contribution in [-0.2, 0) is 9.84 Å². The largest absolute Gasteiger partial charge is 0.329 e. The van der Waals surface area contributed by atoms with E-state index in [1.165, 1.54) is 0 Å². The molecule has 0 amide bonds. The fourth-order valence-electron chi connectivity index (χ4n) is 2.62. The third-order valence-electron chi connectivity index (χ3n) is 3.71. The number of aromatic amines is 1. The van der Waals surface area contributed by atoms with E-state index in [9.17, 15) is 8.42 Å². The molecule has 1 aliphatic rings. The summed E-state index contributed by atoms with van der Waals surface area (Å²) in [5.41, 5.74) is 2.87. The van der Waals surface area contributed by atoms with E-state index in [1.807, 2.05) is 17.6 Å². The first kappa shape index (κ1) is 12.8. The van der Waals surface area contributed by atoms with Crippen LogP contribution in [0, 0.1) is 11.7 Å². The molecule has 2 aromatic heterocycles. The van der Waals surface area contributed by atoms with Gasteiger partial charge in [-0.25, -0.2) is 13.4 Å². The molecule has 1 N–H and O–H groups in total. The number of H-pyrrole nitrogens is 1. The van der Waals surface area contributed by atoms with Crippen molar-refractivity contribution in [1.82, 2.24) is 14.5 Å². The Morgan fingerprint density at radius 3 is 2.79 bits per heavy atom. The fourth-order valence-corrected chi connectivity index (χ4v) is 4.42. The molecule has 0 saturated carbocycles. The number of fused-ring (bicyclic) bond motifs is 1. The van der Waals surface area contributed by atoms with Crippen LogP contribution in [0.5, 0.6) is 0 Å². The molecule has 2 aromatic rings. The van der Waals surface area contributed by atoms with Gasteiger partial charge in [-0.3, -0.25) is 4.57 Å². The van der Waals surface area contributed by atoms with Crippen molar-refractivity contribution in [3.05, 3.63) is 22.6 Å². The van der Waals surface area contributed by atoms with E-state index in [0.29, 0.717) is 17.6 Å². The molecule has 3 rings (SSSR count). The zero-order chi connectivity index (χ0) is 13.6. The highest BCUT2D eigenvalue weighted by molar-refractivity contribution is 7.91. The van der Waals surface area contributed by atoms with Gasteiger partial charge in [0.15, 0.2) is 10.4 Å². The van der Waals surface area contributed by atoms with Gasteiger partial charge in [0, 0.05) is 12.2 Å². The Morgan fingerprint density at radius 2 is 2.11 bits per heavy atom. The van der Waals surface area contributed by atoms with Crippen LogP contribution in [0.3, 0.4) is 0 Å². The number of hydrogen-bond acceptors (Lipinski definition) is 4. The summed E-state index contributed by atoms with van der Waals surface area (Å²) >= 11 is 5.37. The Hall–Kier alpha value is -1.21. The molecule has 102 valence electrons. The Bertz CT molecular complexity index is 775. The standard InChI is InChI=1S/C12H15N3O2S2/c1-8-2-5-13-11-10(8)14-12(18)15(11)9-3-6-19(16,17)7-4-9/h2,5,9H,3-4,6-7H2,1H3,(H,14,18). The van der Waals surface area contributed by atoms with E-state index in [4.69, 9.17) is 12.2 Å². The van der Waals surface area contributed by atoms with Crippen molar-refractivity contribution >= 4 is 33.2 Å². The maximum atomic E-state index is 11.5. The van der Waals surface area contributed by atoms with Crippen molar-refractivity contribution in [2.75, 3.05) is 11.5 Å². The molecule has 0 spiro atoms. The molecular weight excluding hydrogens is 282 g/mol. The van der Waals surface area contributed by atoms with Crippen LogP contribution in [0.2, 0.25) is 0 Å². The Kier molecular flexibility index (Phi) is 2.98. The third-order valence-corrected chi connectivity index (χ3v) is 5.72. The van der Waals surface area contributed by atoms with Gasteiger partial charge in [-0.1, -0.05) is 0 Å². The maximum Gasteiger partial charge on any atom is 0.179 e. The van der Waals surface area contributed by atoms with E-state index in [0.717, 1.165) is 16.7 Å². The second-order valence-corrected chi connectivity index (χ2v) is 7.70. The molecule has 7 heteroatoms. The van der Waals surface area contributed by atoms with Gasteiger partial charge >= 0.3 is 0 Å². The molecule has 1 saturated heterocycles. The van der Waals surface area contributed by atoms with Gasteiger partial charge in [-0.15, -0.1) is 0 Å². The lowest BCUT2D eigenvalue weighted by Gasteiger charge is -2.23. The molecule has 1 fully saturated rings. The molecule has 0 radical (unpaired) electrons. The van der Waals surface area contributed by atoms with Crippen molar-refractivity contribution in [1.29, 1.82) is 0 Å². The number of aromatic nitrogens is 3. The molecule has 0 aromatic carbocycles. The summed E-state index contributed by atoms with van der Waals surface area (Å²) in [5, 5.41) is 0. The summed E-state index contributed by atoms with van der Waals surface area (Å²) in [6.45, 7) is 2.00. The summed E-state index contributed by atoms with van der Waals surface area (Å²) in [6, 6.07) is 2.06. The van der Waals surface area contributed by atoms with E-state index < -0.39 is 9.84 Å². The number of aryl methyl sites for hydroxylation is 1. The molecule has 19 heavy (non-hydrogen) atoms. The van der Waals surface area contributed by atoms with Gasteiger partial charge in [0.05, 0.1) is 17.0 Å². The zero-order valence-electron chi connectivity index (χ0n) is 10.6. The van der Waals surface area contributed by atoms with Gasteiger partial charge in [0.1, 0.15) is 9.84 Å². The van der Waals surface area contributed by atoms with Gasteiger partial charge in [0.25, 0.3) is 0 Å². The Morgan fingerprint density at radius 1 is 1.42 bits per heavy atom. The highest BCUT2D eigenvalue weighted by atomic mass is 32.2. The molecular formula is C12H15N3O2S2. The maximum absolute atomic E-state index is 11.5. The van der Waals surface area contributed by atoms with Crippen molar-refractivity contribution in [2.45, 2.75) is 25.8 Å². The number of hydrogen-bond donors (Lipinski definition) is 1. The van der Waals surface area contributed by atoms with Crippen LogP contribution in [0.25, 0.3) is 11.2 Å². The molecule has 0 bridgehead atoms. The lowest BCUT2D eigenvalue weighted by atomic mass is 10.1. The van der Waals surface area contributed by atoms with Crippen molar-refractivity contribution in [3.63, 3.8) is 0 Å². The highest BCUT2D eigenvalue weighted by Crippen LogP contribution is 2.28. The Labute approximate surface area is 116 Å². The summed E-state index contributed by atoms with van der Waals surface area (Å²) in [5.74, 6) is 0.468. The molecule has 0 unspecified atom stereocenters. The van der Waals surface area contributed by atoms with Crippen LogP contribution in [0.4, 0.5) is 0 Å². The van der Waals surface area contributed by atoms with Crippen LogP contribution < -0.4 is 0 Å². The molecule has 3 heterocycles. The topological polar surface area (TPSA) is 67.8 Å². The van der Waals surface area contributed by atoms with Gasteiger partial charge in [0.2, 0.25) is 0 Å².